The highest BCUT2D eigenvalue weighted by Crippen LogP contribution is 2.48. The van der Waals surface area contributed by atoms with E-state index in [1.165, 1.54) is 0 Å². The van der Waals surface area contributed by atoms with Crippen molar-refractivity contribution in [2.75, 3.05) is 11.9 Å². The van der Waals surface area contributed by atoms with Crippen molar-refractivity contribution in [1.29, 1.82) is 0 Å². The van der Waals surface area contributed by atoms with Gasteiger partial charge in [-0.2, -0.15) is 0 Å². The number of amides is 1. The number of halogens is 5. The Morgan fingerprint density at radius 3 is 2.08 bits per heavy atom. The molecule has 1 amide bonds. The molecule has 0 atom stereocenters. The van der Waals surface area contributed by atoms with E-state index in [4.69, 9.17) is 62.7 Å². The predicted octanol–water partition coefficient (Wildman–Crippen LogP) is 6.59. The Labute approximate surface area is 164 Å². The van der Waals surface area contributed by atoms with E-state index in [0.29, 0.717) is 5.69 Å². The molecule has 1 N–H and O–H groups in total. The van der Waals surface area contributed by atoms with Crippen LogP contribution in [0.25, 0.3) is 0 Å². The molecule has 0 spiro atoms. The highest BCUT2D eigenvalue weighted by atomic mass is 35.5. The quantitative estimate of drug-likeness (QED) is 0.442. The lowest BCUT2D eigenvalue weighted by molar-refractivity contribution is -0.118. The number of ether oxygens (including phenoxy) is 1. The molecular weight excluding hydrogens is 415 g/mol. The van der Waals surface area contributed by atoms with E-state index < -0.39 is 0 Å². The van der Waals surface area contributed by atoms with E-state index in [1.54, 1.807) is 0 Å². The van der Waals surface area contributed by atoms with Crippen molar-refractivity contribution in [3.05, 3.63) is 54.4 Å². The zero-order valence-electron chi connectivity index (χ0n) is 12.6. The maximum absolute atomic E-state index is 12.1. The second-order valence-corrected chi connectivity index (χ2v) is 6.94. The summed E-state index contributed by atoms with van der Waals surface area (Å²) in [5.74, 6) is -0.369. The number of aryl methyl sites for hydroxylation is 2. The number of hydrogen-bond donors (Lipinski definition) is 1. The van der Waals surface area contributed by atoms with Gasteiger partial charge in [0.1, 0.15) is 10.0 Å². The Bertz CT molecular complexity index is 779. The third kappa shape index (κ3) is 4.22. The van der Waals surface area contributed by atoms with E-state index in [1.807, 2.05) is 32.0 Å². The van der Waals surface area contributed by atoms with Crippen molar-refractivity contribution in [1.82, 2.24) is 0 Å². The fourth-order valence-corrected chi connectivity index (χ4v) is 3.14. The van der Waals surface area contributed by atoms with Crippen LogP contribution in [0.5, 0.6) is 5.75 Å². The monoisotopic (exact) mass is 425 g/mol. The lowest BCUT2D eigenvalue weighted by atomic mass is 10.1. The Morgan fingerprint density at radius 1 is 0.958 bits per heavy atom. The lowest BCUT2D eigenvalue weighted by Crippen LogP contribution is -2.21. The first-order chi connectivity index (χ1) is 11.2. The number of benzene rings is 2. The predicted molar refractivity (Wildman–Crippen MR) is 102 cm³/mol. The zero-order chi connectivity index (χ0) is 18.0. The normalized spacial score (nSPS) is 10.6. The third-order valence-corrected chi connectivity index (χ3v) is 5.43. The van der Waals surface area contributed by atoms with Gasteiger partial charge in [-0.3, -0.25) is 4.79 Å². The van der Waals surface area contributed by atoms with Crippen LogP contribution in [0.2, 0.25) is 25.1 Å². The molecule has 0 aromatic heterocycles. The Hall–Kier alpha value is -0.840. The van der Waals surface area contributed by atoms with E-state index in [-0.39, 0.29) is 43.4 Å². The fraction of sp³-hybridized carbons (Fsp3) is 0.188. The fourth-order valence-electron chi connectivity index (χ4n) is 1.91. The number of anilines is 1. The minimum atomic E-state index is -0.377. The van der Waals surface area contributed by atoms with Gasteiger partial charge in [0.05, 0.1) is 15.1 Å². The molecule has 0 saturated carbocycles. The van der Waals surface area contributed by atoms with Gasteiger partial charge in [-0.15, -0.1) is 0 Å². The van der Waals surface area contributed by atoms with Gasteiger partial charge in [0.15, 0.2) is 12.4 Å². The molecule has 0 unspecified atom stereocenters. The molecule has 2 aromatic rings. The second-order valence-electron chi connectivity index (χ2n) is 5.05. The van der Waals surface area contributed by atoms with Gasteiger partial charge in [0.25, 0.3) is 5.91 Å². The maximum Gasteiger partial charge on any atom is 0.262 e. The maximum atomic E-state index is 12.1. The molecular formula is C16H12Cl5NO2. The summed E-state index contributed by atoms with van der Waals surface area (Å²) in [6.07, 6.45) is 0. The third-order valence-electron chi connectivity index (χ3n) is 3.18. The minimum absolute atomic E-state index is 0.00407. The SMILES string of the molecule is Cc1ccc(C)c(NC(=O)COc2c(Cl)c(Cl)c(Cl)c(Cl)c2Cl)c1. The second kappa shape index (κ2) is 8.03. The summed E-state index contributed by atoms with van der Waals surface area (Å²) in [5, 5.41) is 2.80. The molecule has 0 saturated heterocycles. The standard InChI is InChI=1S/C16H12Cl5NO2/c1-7-3-4-8(2)9(5-7)22-10(23)6-24-16-14(20)12(18)11(17)13(19)15(16)21/h3-5H,6H2,1-2H3,(H,22,23). The highest BCUT2D eigenvalue weighted by Gasteiger charge is 2.21. The van der Waals surface area contributed by atoms with Crippen LogP contribution in [0.15, 0.2) is 18.2 Å². The molecule has 0 radical (unpaired) electrons. The van der Waals surface area contributed by atoms with Crippen molar-refractivity contribution in [2.24, 2.45) is 0 Å². The summed E-state index contributed by atoms with van der Waals surface area (Å²) in [4.78, 5) is 12.1. The van der Waals surface area contributed by atoms with Crippen molar-refractivity contribution >= 4 is 69.6 Å². The van der Waals surface area contributed by atoms with Gasteiger partial charge < -0.3 is 10.1 Å². The van der Waals surface area contributed by atoms with Gasteiger partial charge in [-0.1, -0.05) is 70.1 Å². The largest absolute Gasteiger partial charge is 0.481 e. The topological polar surface area (TPSA) is 38.3 Å². The van der Waals surface area contributed by atoms with Crippen LogP contribution >= 0.6 is 58.0 Å². The molecule has 128 valence electrons. The van der Waals surface area contributed by atoms with Gasteiger partial charge in [0.2, 0.25) is 0 Å². The summed E-state index contributed by atoms with van der Waals surface area (Å²) in [6.45, 7) is 3.51. The first kappa shape index (κ1) is 19.5. The minimum Gasteiger partial charge on any atom is -0.481 e. The van der Waals surface area contributed by atoms with Crippen molar-refractivity contribution in [3.8, 4) is 5.75 Å². The smallest absolute Gasteiger partial charge is 0.262 e. The molecule has 0 aliphatic carbocycles. The molecule has 0 heterocycles. The number of carbonyl (C=O) groups excluding carboxylic acids is 1. The number of rotatable bonds is 4. The summed E-state index contributed by atoms with van der Waals surface area (Å²) in [5.41, 5.74) is 2.66. The zero-order valence-corrected chi connectivity index (χ0v) is 16.4. The average molecular weight is 428 g/mol. The summed E-state index contributed by atoms with van der Waals surface area (Å²) in [6, 6.07) is 5.74. The number of hydrogen-bond acceptors (Lipinski definition) is 2. The average Bonchev–Trinajstić information content (AvgIpc) is 2.54. The Kier molecular flexibility index (Phi) is 6.52. The van der Waals surface area contributed by atoms with Crippen LogP contribution in [0.4, 0.5) is 5.69 Å². The molecule has 0 bridgehead atoms. The Morgan fingerprint density at radius 2 is 1.50 bits per heavy atom. The molecule has 2 aromatic carbocycles. The Balaban J connectivity index is 2.14. The summed E-state index contributed by atoms with van der Waals surface area (Å²) < 4.78 is 5.38. The van der Waals surface area contributed by atoms with E-state index >= 15 is 0 Å². The van der Waals surface area contributed by atoms with Crippen LogP contribution < -0.4 is 10.1 Å². The van der Waals surface area contributed by atoms with Crippen LogP contribution in [0.1, 0.15) is 11.1 Å². The van der Waals surface area contributed by atoms with Crippen LogP contribution in [0.3, 0.4) is 0 Å². The molecule has 8 heteroatoms. The molecule has 2 rings (SSSR count). The molecule has 24 heavy (non-hydrogen) atoms. The summed E-state index contributed by atoms with van der Waals surface area (Å²) >= 11 is 29.9. The van der Waals surface area contributed by atoms with Crippen molar-refractivity contribution < 1.29 is 9.53 Å². The number of nitrogens with one attached hydrogen (secondary N) is 1. The first-order valence-electron chi connectivity index (χ1n) is 6.73. The molecule has 0 fully saturated rings. The van der Waals surface area contributed by atoms with Gasteiger partial charge in [0, 0.05) is 5.69 Å². The van der Waals surface area contributed by atoms with Crippen LogP contribution in [-0.2, 0) is 4.79 Å². The van der Waals surface area contributed by atoms with Gasteiger partial charge in [-0.25, -0.2) is 0 Å². The molecule has 0 aliphatic rings. The van der Waals surface area contributed by atoms with Crippen LogP contribution in [0, 0.1) is 13.8 Å². The summed E-state index contributed by atoms with van der Waals surface area (Å²) in [7, 11) is 0. The highest BCUT2D eigenvalue weighted by molar-refractivity contribution is 6.55. The van der Waals surface area contributed by atoms with Gasteiger partial charge in [-0.05, 0) is 31.0 Å². The molecule has 3 nitrogen and oxygen atoms in total. The molecule has 0 aliphatic heterocycles. The van der Waals surface area contributed by atoms with Crippen LogP contribution in [-0.4, -0.2) is 12.5 Å². The van der Waals surface area contributed by atoms with E-state index in [0.717, 1.165) is 11.1 Å². The van der Waals surface area contributed by atoms with E-state index in [2.05, 4.69) is 5.32 Å². The lowest BCUT2D eigenvalue weighted by Gasteiger charge is -2.14. The van der Waals surface area contributed by atoms with Gasteiger partial charge >= 0.3 is 0 Å². The van der Waals surface area contributed by atoms with Crippen molar-refractivity contribution in [3.63, 3.8) is 0 Å². The van der Waals surface area contributed by atoms with Crippen molar-refractivity contribution in [2.45, 2.75) is 13.8 Å². The van der Waals surface area contributed by atoms with E-state index in [9.17, 15) is 4.79 Å². The number of carbonyl (C=O) groups is 1. The first-order valence-corrected chi connectivity index (χ1v) is 8.62.